The van der Waals surface area contributed by atoms with Gasteiger partial charge in [-0.15, -0.1) is 0 Å². The van der Waals surface area contributed by atoms with E-state index < -0.39 is 8.80 Å². The molecule has 1 nitrogen and oxygen atoms in total. The van der Waals surface area contributed by atoms with Crippen LogP contribution in [0, 0.1) is 0 Å². The Morgan fingerprint density at radius 1 is 1.38 bits per heavy atom. The average molecular weight is 259 g/mol. The Balaban J connectivity index is 2.37. The molecule has 0 saturated carbocycles. The fraction of sp³-hybridized carbons (Fsp3) is 0.400. The third-order valence-corrected chi connectivity index (χ3v) is 3.64. The molecule has 0 aliphatic heterocycles. The topological polar surface area (TPSA) is 9.23 Å². The van der Waals surface area contributed by atoms with E-state index in [1.54, 1.807) is 0 Å². The molecule has 13 heavy (non-hydrogen) atoms. The Morgan fingerprint density at radius 3 is 2.77 bits per heavy atom. The fourth-order valence-corrected chi connectivity index (χ4v) is 1.94. The third-order valence-electron chi connectivity index (χ3n) is 1.76. The van der Waals surface area contributed by atoms with Crippen molar-refractivity contribution in [1.29, 1.82) is 0 Å². The van der Waals surface area contributed by atoms with Gasteiger partial charge >= 0.3 is 0 Å². The van der Waals surface area contributed by atoms with Crippen molar-refractivity contribution in [3.05, 3.63) is 28.7 Å². The lowest BCUT2D eigenvalue weighted by atomic mass is 10.3. The number of hydrogen-bond donors (Lipinski definition) is 0. The molecule has 0 spiro atoms. The van der Waals surface area contributed by atoms with Crippen LogP contribution < -0.4 is 4.74 Å². The van der Waals surface area contributed by atoms with E-state index in [1.807, 2.05) is 24.3 Å². The normalized spacial score (nSPS) is 10.5. The first kappa shape index (κ1) is 10.8. The number of benzene rings is 1. The van der Waals surface area contributed by atoms with Crippen molar-refractivity contribution < 1.29 is 4.74 Å². The van der Waals surface area contributed by atoms with Gasteiger partial charge in [-0.2, -0.15) is 0 Å². The van der Waals surface area contributed by atoms with Gasteiger partial charge in [0.2, 0.25) is 0 Å². The standard InChI is InChI=1S/C10H15BrOSi/c1-13(2)7-6-12-10-5-3-4-9(11)8-10/h3-5,8,13H,6-7H2,1-2H3. The molecule has 72 valence electrons. The van der Waals surface area contributed by atoms with E-state index in [0.29, 0.717) is 0 Å². The van der Waals surface area contributed by atoms with E-state index >= 15 is 0 Å². The molecule has 0 atom stereocenters. The molecule has 1 aromatic rings. The van der Waals surface area contributed by atoms with Crippen LogP contribution >= 0.6 is 15.9 Å². The van der Waals surface area contributed by atoms with Gasteiger partial charge in [-0.25, -0.2) is 0 Å². The minimum Gasteiger partial charge on any atom is -0.494 e. The average Bonchev–Trinajstić information content (AvgIpc) is 2.03. The van der Waals surface area contributed by atoms with Crippen LogP contribution in [0.3, 0.4) is 0 Å². The van der Waals surface area contributed by atoms with Gasteiger partial charge in [0, 0.05) is 13.3 Å². The Hall–Kier alpha value is -0.283. The summed E-state index contributed by atoms with van der Waals surface area (Å²) in [4.78, 5) is 0. The first-order valence-electron chi connectivity index (χ1n) is 4.57. The van der Waals surface area contributed by atoms with Crippen molar-refractivity contribution in [1.82, 2.24) is 0 Å². The van der Waals surface area contributed by atoms with Gasteiger partial charge in [0.15, 0.2) is 0 Å². The van der Waals surface area contributed by atoms with Crippen LogP contribution in [0.5, 0.6) is 5.75 Å². The molecule has 0 unspecified atom stereocenters. The van der Waals surface area contributed by atoms with Crippen molar-refractivity contribution in [3.63, 3.8) is 0 Å². The van der Waals surface area contributed by atoms with Gasteiger partial charge in [0.05, 0.1) is 6.61 Å². The molecule has 0 aliphatic carbocycles. The summed E-state index contributed by atoms with van der Waals surface area (Å²) in [6, 6.07) is 9.23. The van der Waals surface area contributed by atoms with Crippen molar-refractivity contribution in [2.45, 2.75) is 19.1 Å². The predicted molar refractivity (Wildman–Crippen MR) is 63.3 cm³/mol. The van der Waals surface area contributed by atoms with E-state index in [4.69, 9.17) is 4.74 Å². The van der Waals surface area contributed by atoms with E-state index in [-0.39, 0.29) is 0 Å². The number of rotatable bonds is 4. The third kappa shape index (κ3) is 4.48. The van der Waals surface area contributed by atoms with E-state index in [0.717, 1.165) is 16.8 Å². The van der Waals surface area contributed by atoms with Crippen LogP contribution in [0.2, 0.25) is 19.1 Å². The number of halogens is 1. The predicted octanol–water partition coefficient (Wildman–Crippen LogP) is 3.31. The van der Waals surface area contributed by atoms with Crippen LogP contribution in [0.25, 0.3) is 0 Å². The van der Waals surface area contributed by atoms with Gasteiger partial charge in [0.25, 0.3) is 0 Å². The highest BCUT2D eigenvalue weighted by Crippen LogP contribution is 2.17. The first-order valence-corrected chi connectivity index (χ1v) is 8.48. The second kappa shape index (κ2) is 5.45. The van der Waals surface area contributed by atoms with Crippen molar-refractivity contribution in [2.75, 3.05) is 6.61 Å². The van der Waals surface area contributed by atoms with Crippen molar-refractivity contribution in [3.8, 4) is 5.75 Å². The van der Waals surface area contributed by atoms with Crippen molar-refractivity contribution >= 4 is 24.7 Å². The highest BCUT2D eigenvalue weighted by Gasteiger charge is 1.97. The molecule has 0 aromatic heterocycles. The maximum atomic E-state index is 5.60. The van der Waals surface area contributed by atoms with Gasteiger partial charge < -0.3 is 4.74 Å². The molecule has 1 rings (SSSR count). The Bertz CT molecular complexity index is 263. The number of ether oxygens (including phenoxy) is 1. The Labute approximate surface area is 89.8 Å². The highest BCUT2D eigenvalue weighted by molar-refractivity contribution is 9.10. The molecule has 0 bridgehead atoms. The molecular weight excluding hydrogens is 244 g/mol. The van der Waals surface area contributed by atoms with Gasteiger partial charge in [-0.05, 0) is 24.2 Å². The van der Waals surface area contributed by atoms with Crippen molar-refractivity contribution in [2.24, 2.45) is 0 Å². The van der Waals surface area contributed by atoms with Crippen LogP contribution in [-0.4, -0.2) is 15.4 Å². The summed E-state index contributed by atoms with van der Waals surface area (Å²) in [5.74, 6) is 0.962. The lowest BCUT2D eigenvalue weighted by molar-refractivity contribution is 0.339. The van der Waals surface area contributed by atoms with E-state index in [9.17, 15) is 0 Å². The zero-order valence-electron chi connectivity index (χ0n) is 8.09. The largest absolute Gasteiger partial charge is 0.494 e. The summed E-state index contributed by atoms with van der Waals surface area (Å²) in [5, 5.41) is 0. The molecule has 3 heteroatoms. The van der Waals surface area contributed by atoms with Crippen LogP contribution in [-0.2, 0) is 0 Å². The smallest absolute Gasteiger partial charge is 0.120 e. The minimum absolute atomic E-state index is 0.461. The summed E-state index contributed by atoms with van der Waals surface area (Å²) in [6.45, 7) is 5.54. The maximum Gasteiger partial charge on any atom is 0.120 e. The summed E-state index contributed by atoms with van der Waals surface area (Å²) < 4.78 is 6.68. The SMILES string of the molecule is C[SiH](C)CCOc1cccc(Br)c1. The second-order valence-corrected chi connectivity index (χ2v) is 7.77. The molecule has 0 radical (unpaired) electrons. The second-order valence-electron chi connectivity index (χ2n) is 3.49. The van der Waals surface area contributed by atoms with E-state index in [1.165, 1.54) is 6.04 Å². The molecule has 0 fully saturated rings. The van der Waals surface area contributed by atoms with Crippen LogP contribution in [0.15, 0.2) is 28.7 Å². The first-order chi connectivity index (χ1) is 6.18. The van der Waals surface area contributed by atoms with Crippen LogP contribution in [0.1, 0.15) is 0 Å². The summed E-state index contributed by atoms with van der Waals surface area (Å²) in [7, 11) is -0.461. The van der Waals surface area contributed by atoms with E-state index in [2.05, 4.69) is 29.0 Å². The minimum atomic E-state index is -0.461. The molecule has 1 aromatic carbocycles. The van der Waals surface area contributed by atoms with Gasteiger partial charge in [0.1, 0.15) is 5.75 Å². The molecule has 0 N–H and O–H groups in total. The Kier molecular flexibility index (Phi) is 4.52. The van der Waals surface area contributed by atoms with Crippen LogP contribution in [0.4, 0.5) is 0 Å². The molecule has 0 aliphatic rings. The molecule has 0 heterocycles. The van der Waals surface area contributed by atoms with Gasteiger partial charge in [-0.3, -0.25) is 0 Å². The molecule has 0 amide bonds. The monoisotopic (exact) mass is 258 g/mol. The summed E-state index contributed by atoms with van der Waals surface area (Å²) in [5.41, 5.74) is 0. The summed E-state index contributed by atoms with van der Waals surface area (Å²) >= 11 is 3.41. The molecular formula is C10H15BrOSi. The quantitative estimate of drug-likeness (QED) is 0.754. The lowest BCUT2D eigenvalue weighted by Crippen LogP contribution is -2.06. The van der Waals surface area contributed by atoms with Gasteiger partial charge in [-0.1, -0.05) is 35.1 Å². The summed E-state index contributed by atoms with van der Waals surface area (Å²) in [6.07, 6.45) is 0. The Morgan fingerprint density at radius 2 is 2.15 bits per heavy atom. The highest BCUT2D eigenvalue weighted by atomic mass is 79.9. The zero-order valence-corrected chi connectivity index (χ0v) is 10.8. The number of hydrogen-bond acceptors (Lipinski definition) is 1. The zero-order chi connectivity index (χ0) is 9.68. The fourth-order valence-electron chi connectivity index (χ4n) is 0.969. The maximum absolute atomic E-state index is 5.60. The lowest BCUT2D eigenvalue weighted by Gasteiger charge is -2.07. The molecule has 0 saturated heterocycles.